The zero-order chi connectivity index (χ0) is 20.6. The van der Waals surface area contributed by atoms with E-state index in [1.54, 1.807) is 0 Å². The van der Waals surface area contributed by atoms with Crippen LogP contribution in [-0.2, 0) is 25.7 Å². The zero-order valence-corrected chi connectivity index (χ0v) is 18.7. The lowest BCUT2D eigenvalue weighted by atomic mass is 9.87. The van der Waals surface area contributed by atoms with Crippen molar-refractivity contribution in [1.29, 1.82) is 0 Å². The van der Waals surface area contributed by atoms with Crippen LogP contribution in [0.2, 0.25) is 0 Å². The zero-order valence-electron chi connectivity index (χ0n) is 18.7. The van der Waals surface area contributed by atoms with Gasteiger partial charge in [-0.2, -0.15) is 0 Å². The number of aromatic hydroxyl groups is 1. The van der Waals surface area contributed by atoms with Gasteiger partial charge >= 0.3 is 0 Å². The molecule has 0 aliphatic carbocycles. The molecule has 0 unspecified atom stereocenters. The number of rotatable bonds is 8. The number of allylic oxidation sites excluding steroid dienone is 8. The number of benzene rings is 1. The highest BCUT2D eigenvalue weighted by Gasteiger charge is 2.16. The first-order valence-corrected chi connectivity index (χ1v) is 10.0. The molecule has 0 spiro atoms. The van der Waals surface area contributed by atoms with Crippen LogP contribution >= 0.6 is 0 Å². The second-order valence-corrected chi connectivity index (χ2v) is 8.43. The van der Waals surface area contributed by atoms with Crippen LogP contribution in [0.4, 0.5) is 0 Å². The van der Waals surface area contributed by atoms with Crippen LogP contribution in [0.5, 0.6) is 5.75 Å². The summed E-state index contributed by atoms with van der Waals surface area (Å²) in [6.07, 6.45) is 12.5. The first-order valence-electron chi connectivity index (χ1n) is 10.0. The van der Waals surface area contributed by atoms with Crippen LogP contribution in [0.25, 0.3) is 0 Å². The van der Waals surface area contributed by atoms with Crippen LogP contribution < -0.4 is 0 Å². The predicted octanol–water partition coefficient (Wildman–Crippen LogP) is 7.43. The van der Waals surface area contributed by atoms with E-state index in [0.29, 0.717) is 5.75 Å². The van der Waals surface area contributed by atoms with Gasteiger partial charge in [0.2, 0.25) is 0 Å². The van der Waals surface area contributed by atoms with Crippen molar-refractivity contribution in [2.75, 3.05) is 0 Å². The topological polar surface area (TPSA) is 20.2 Å². The Hall–Kier alpha value is -2.02. The molecule has 0 heterocycles. The van der Waals surface area contributed by atoms with E-state index in [-0.39, 0.29) is 0 Å². The molecule has 0 radical (unpaired) electrons. The molecule has 0 atom stereocenters. The van der Waals surface area contributed by atoms with Crippen LogP contribution in [-0.4, -0.2) is 5.11 Å². The van der Waals surface area contributed by atoms with Crippen molar-refractivity contribution in [2.45, 2.75) is 81.1 Å². The van der Waals surface area contributed by atoms with Gasteiger partial charge in [-0.3, -0.25) is 0 Å². The Morgan fingerprint density at radius 3 is 1.41 bits per heavy atom. The first-order chi connectivity index (χ1) is 12.6. The van der Waals surface area contributed by atoms with Gasteiger partial charge in [-0.25, -0.2) is 0 Å². The lowest BCUT2D eigenvalue weighted by molar-refractivity contribution is 0.467. The molecule has 1 nitrogen and oxygen atoms in total. The summed E-state index contributed by atoms with van der Waals surface area (Å²) in [5, 5.41) is 10.8. The molecule has 27 heavy (non-hydrogen) atoms. The maximum absolute atomic E-state index is 10.8. The van der Waals surface area contributed by atoms with Crippen molar-refractivity contribution < 1.29 is 5.11 Å². The van der Waals surface area contributed by atoms with Gasteiger partial charge < -0.3 is 5.11 Å². The molecule has 0 aliphatic heterocycles. The standard InChI is InChI=1S/C26H38O/c1-18(2)9-13-22-17-26(27)25(16-12-21(7)8)24(15-11-20(5)6)23(22)14-10-19(3)4/h9-12,17,27H,13-16H2,1-8H3. The fourth-order valence-electron chi connectivity index (χ4n) is 3.01. The molecule has 0 bridgehead atoms. The number of phenols is 1. The summed E-state index contributed by atoms with van der Waals surface area (Å²) < 4.78 is 0. The minimum absolute atomic E-state index is 0.433. The van der Waals surface area contributed by atoms with Crippen molar-refractivity contribution in [1.82, 2.24) is 0 Å². The Bertz CT molecular complexity index is 754. The highest BCUT2D eigenvalue weighted by atomic mass is 16.3. The van der Waals surface area contributed by atoms with Gasteiger partial charge in [-0.05, 0) is 104 Å². The van der Waals surface area contributed by atoms with Crippen LogP contribution in [0.1, 0.15) is 77.6 Å². The molecule has 0 saturated carbocycles. The minimum atomic E-state index is 0.433. The van der Waals surface area contributed by atoms with E-state index in [1.165, 1.54) is 39.0 Å². The van der Waals surface area contributed by atoms with E-state index in [4.69, 9.17) is 0 Å². The van der Waals surface area contributed by atoms with Crippen LogP contribution in [0.3, 0.4) is 0 Å². The summed E-state index contributed by atoms with van der Waals surface area (Å²) in [5.41, 5.74) is 10.2. The third kappa shape index (κ3) is 8.03. The van der Waals surface area contributed by atoms with E-state index < -0.39 is 0 Å². The summed E-state index contributed by atoms with van der Waals surface area (Å²) in [4.78, 5) is 0. The molecule has 0 amide bonds. The monoisotopic (exact) mass is 366 g/mol. The maximum Gasteiger partial charge on any atom is 0.119 e. The second-order valence-electron chi connectivity index (χ2n) is 8.43. The smallest absolute Gasteiger partial charge is 0.119 e. The highest BCUT2D eigenvalue weighted by Crippen LogP contribution is 2.32. The maximum atomic E-state index is 10.8. The molecule has 1 aromatic rings. The molecule has 0 aromatic heterocycles. The van der Waals surface area contributed by atoms with Crippen molar-refractivity contribution in [2.24, 2.45) is 0 Å². The molecular formula is C26H38O. The van der Waals surface area contributed by atoms with Gasteiger partial charge in [0.25, 0.3) is 0 Å². The molecule has 1 aromatic carbocycles. The summed E-state index contributed by atoms with van der Waals surface area (Å²) in [5.74, 6) is 0.433. The summed E-state index contributed by atoms with van der Waals surface area (Å²) >= 11 is 0. The Labute approximate surface area is 167 Å². The van der Waals surface area contributed by atoms with Gasteiger partial charge in [0.1, 0.15) is 5.75 Å². The van der Waals surface area contributed by atoms with Crippen LogP contribution in [0, 0.1) is 0 Å². The summed E-state index contributed by atoms with van der Waals surface area (Å²) in [6.45, 7) is 17.1. The fourth-order valence-corrected chi connectivity index (χ4v) is 3.01. The summed E-state index contributed by atoms with van der Waals surface area (Å²) in [6, 6.07) is 1.99. The normalized spacial score (nSPS) is 10.2. The Morgan fingerprint density at radius 2 is 0.963 bits per heavy atom. The molecule has 0 aliphatic rings. The molecule has 148 valence electrons. The highest BCUT2D eigenvalue weighted by molar-refractivity contribution is 5.52. The van der Waals surface area contributed by atoms with Crippen molar-refractivity contribution in [3.05, 3.63) is 74.9 Å². The quantitative estimate of drug-likeness (QED) is 0.474. The lowest BCUT2D eigenvalue weighted by Crippen LogP contribution is -2.05. The minimum Gasteiger partial charge on any atom is -0.508 e. The largest absolute Gasteiger partial charge is 0.508 e. The second kappa shape index (κ2) is 11.0. The molecular weight excluding hydrogens is 328 g/mol. The van der Waals surface area contributed by atoms with E-state index in [2.05, 4.69) is 79.7 Å². The van der Waals surface area contributed by atoms with E-state index in [0.717, 1.165) is 31.2 Å². The average molecular weight is 367 g/mol. The molecule has 1 heteroatoms. The molecule has 1 rings (SSSR count). The Kier molecular flexibility index (Phi) is 9.35. The van der Waals surface area contributed by atoms with Crippen molar-refractivity contribution in [3.63, 3.8) is 0 Å². The first kappa shape index (κ1) is 23.0. The van der Waals surface area contributed by atoms with Crippen LogP contribution in [0.15, 0.2) is 52.7 Å². The lowest BCUT2D eigenvalue weighted by Gasteiger charge is -2.19. The molecule has 1 N–H and O–H groups in total. The van der Waals surface area contributed by atoms with Gasteiger partial charge in [-0.15, -0.1) is 0 Å². The third-order valence-electron chi connectivity index (χ3n) is 4.61. The average Bonchev–Trinajstić information content (AvgIpc) is 2.55. The number of phenolic OH excluding ortho intramolecular Hbond substituents is 1. The third-order valence-corrected chi connectivity index (χ3v) is 4.61. The van der Waals surface area contributed by atoms with Gasteiger partial charge in [-0.1, -0.05) is 46.6 Å². The van der Waals surface area contributed by atoms with E-state index >= 15 is 0 Å². The SMILES string of the molecule is CC(C)=CCc1cc(O)c(CC=C(C)C)c(CC=C(C)C)c1CC=C(C)C. The van der Waals surface area contributed by atoms with Gasteiger partial charge in [0, 0.05) is 5.56 Å². The van der Waals surface area contributed by atoms with Gasteiger partial charge in [0.15, 0.2) is 0 Å². The fraction of sp³-hybridized carbons (Fsp3) is 0.462. The molecule has 0 saturated heterocycles. The Morgan fingerprint density at radius 1 is 0.593 bits per heavy atom. The Balaban J connectivity index is 3.64. The number of hydrogen-bond acceptors (Lipinski definition) is 1. The van der Waals surface area contributed by atoms with E-state index in [9.17, 15) is 5.11 Å². The van der Waals surface area contributed by atoms with Crippen molar-refractivity contribution >= 4 is 0 Å². The van der Waals surface area contributed by atoms with E-state index in [1.807, 2.05) is 6.07 Å². The summed E-state index contributed by atoms with van der Waals surface area (Å²) in [7, 11) is 0. The predicted molar refractivity (Wildman–Crippen MR) is 121 cm³/mol. The van der Waals surface area contributed by atoms with Gasteiger partial charge in [0.05, 0.1) is 0 Å². The van der Waals surface area contributed by atoms with Crippen molar-refractivity contribution in [3.8, 4) is 5.75 Å². The number of hydrogen-bond donors (Lipinski definition) is 1. The molecule has 0 fully saturated rings.